The molecular weight excluding hydrogens is 236 g/mol. The summed E-state index contributed by atoms with van der Waals surface area (Å²) in [5.74, 6) is 0.969. The average Bonchev–Trinajstić information content (AvgIpc) is 2.71. The van der Waals surface area contributed by atoms with Crippen molar-refractivity contribution in [2.24, 2.45) is 0 Å². The molecule has 1 aromatic carbocycles. The van der Waals surface area contributed by atoms with Crippen LogP contribution in [0, 0.1) is 0 Å². The molecule has 2 rings (SSSR count). The van der Waals surface area contributed by atoms with Crippen molar-refractivity contribution in [2.75, 3.05) is 26.7 Å². The normalized spacial score (nSPS) is 18.7. The lowest BCUT2D eigenvalue weighted by Crippen LogP contribution is -2.40. The highest BCUT2D eigenvalue weighted by molar-refractivity contribution is 5.27. The number of nitrogens with zero attached hydrogens (tertiary/aromatic N) is 1. The second-order valence-corrected chi connectivity index (χ2v) is 5.93. The molecule has 0 radical (unpaired) electrons. The van der Waals surface area contributed by atoms with E-state index in [1.807, 2.05) is 7.05 Å². The molecule has 1 aromatic rings. The molecule has 106 valence electrons. The first-order valence-electron chi connectivity index (χ1n) is 7.23. The molecule has 1 saturated heterocycles. The van der Waals surface area contributed by atoms with Gasteiger partial charge in [-0.05, 0) is 58.0 Å². The summed E-state index contributed by atoms with van der Waals surface area (Å²) in [6.07, 6.45) is 2.61. The molecule has 3 heteroatoms. The molecule has 1 fully saturated rings. The lowest BCUT2D eigenvalue weighted by molar-refractivity contribution is 0.143. The third kappa shape index (κ3) is 3.95. The third-order valence-electron chi connectivity index (χ3n) is 4.01. The van der Waals surface area contributed by atoms with Crippen LogP contribution in [0.5, 0.6) is 5.75 Å². The zero-order valence-electron chi connectivity index (χ0n) is 12.4. The maximum absolute atomic E-state index is 5.83. The van der Waals surface area contributed by atoms with E-state index in [9.17, 15) is 0 Å². The summed E-state index contributed by atoms with van der Waals surface area (Å²) in [6, 6.07) is 8.35. The maximum Gasteiger partial charge on any atom is 0.119 e. The van der Waals surface area contributed by atoms with Gasteiger partial charge in [-0.1, -0.05) is 12.1 Å². The van der Waals surface area contributed by atoms with E-state index < -0.39 is 0 Å². The molecule has 0 spiro atoms. The van der Waals surface area contributed by atoms with Crippen molar-refractivity contribution in [1.29, 1.82) is 0 Å². The van der Waals surface area contributed by atoms with Gasteiger partial charge in [0, 0.05) is 18.6 Å². The first-order chi connectivity index (χ1) is 9.12. The van der Waals surface area contributed by atoms with Crippen LogP contribution in [-0.4, -0.2) is 37.2 Å². The van der Waals surface area contributed by atoms with Crippen LogP contribution < -0.4 is 10.1 Å². The van der Waals surface area contributed by atoms with E-state index in [4.69, 9.17) is 4.74 Å². The van der Waals surface area contributed by atoms with Crippen molar-refractivity contribution < 1.29 is 4.74 Å². The smallest absolute Gasteiger partial charge is 0.119 e. The molecule has 1 aliphatic heterocycles. The van der Waals surface area contributed by atoms with Gasteiger partial charge >= 0.3 is 0 Å². The third-order valence-corrected chi connectivity index (χ3v) is 4.01. The van der Waals surface area contributed by atoms with Gasteiger partial charge in [-0.15, -0.1) is 0 Å². The summed E-state index contributed by atoms with van der Waals surface area (Å²) in [7, 11) is 1.96. The SMILES string of the molecule is CNCc1ccc(OCCN2CCCC2(C)C)cc1. The van der Waals surface area contributed by atoms with Gasteiger partial charge < -0.3 is 10.1 Å². The summed E-state index contributed by atoms with van der Waals surface area (Å²) in [5, 5.41) is 3.15. The fourth-order valence-electron chi connectivity index (χ4n) is 2.76. The van der Waals surface area contributed by atoms with Crippen LogP contribution in [0.25, 0.3) is 0 Å². The Hall–Kier alpha value is -1.06. The second-order valence-electron chi connectivity index (χ2n) is 5.93. The summed E-state index contributed by atoms with van der Waals surface area (Å²) < 4.78 is 5.83. The lowest BCUT2D eigenvalue weighted by Gasteiger charge is -2.31. The minimum absolute atomic E-state index is 0.347. The van der Waals surface area contributed by atoms with E-state index in [0.29, 0.717) is 5.54 Å². The number of rotatable bonds is 6. The van der Waals surface area contributed by atoms with Gasteiger partial charge in [0.05, 0.1) is 0 Å². The van der Waals surface area contributed by atoms with E-state index in [1.165, 1.54) is 24.9 Å². The van der Waals surface area contributed by atoms with Gasteiger partial charge in [-0.3, -0.25) is 4.90 Å². The quantitative estimate of drug-likeness (QED) is 0.853. The maximum atomic E-state index is 5.83. The summed E-state index contributed by atoms with van der Waals surface area (Å²) >= 11 is 0. The number of likely N-dealkylation sites (tertiary alicyclic amines) is 1. The number of ether oxygens (including phenoxy) is 1. The van der Waals surface area contributed by atoms with E-state index >= 15 is 0 Å². The molecule has 0 amide bonds. The van der Waals surface area contributed by atoms with Crippen molar-refractivity contribution in [2.45, 2.75) is 38.8 Å². The minimum atomic E-state index is 0.347. The van der Waals surface area contributed by atoms with Gasteiger partial charge in [0.25, 0.3) is 0 Å². The Morgan fingerprint density at radius 3 is 2.58 bits per heavy atom. The van der Waals surface area contributed by atoms with Gasteiger partial charge in [0.15, 0.2) is 0 Å². The van der Waals surface area contributed by atoms with Gasteiger partial charge in [0.1, 0.15) is 12.4 Å². The lowest BCUT2D eigenvalue weighted by atomic mass is 10.0. The van der Waals surface area contributed by atoms with E-state index in [-0.39, 0.29) is 0 Å². The van der Waals surface area contributed by atoms with E-state index in [1.54, 1.807) is 0 Å². The molecule has 0 aromatic heterocycles. The van der Waals surface area contributed by atoms with E-state index in [0.717, 1.165) is 25.4 Å². The summed E-state index contributed by atoms with van der Waals surface area (Å²) in [6.45, 7) is 8.55. The molecule has 1 aliphatic rings. The number of benzene rings is 1. The molecule has 0 unspecified atom stereocenters. The van der Waals surface area contributed by atoms with Crippen LogP contribution in [0.2, 0.25) is 0 Å². The topological polar surface area (TPSA) is 24.5 Å². The largest absolute Gasteiger partial charge is 0.492 e. The van der Waals surface area contributed by atoms with Gasteiger partial charge in [-0.25, -0.2) is 0 Å². The van der Waals surface area contributed by atoms with Crippen LogP contribution in [0.15, 0.2) is 24.3 Å². The van der Waals surface area contributed by atoms with Crippen LogP contribution in [0.4, 0.5) is 0 Å². The van der Waals surface area contributed by atoms with Crippen LogP contribution in [0.1, 0.15) is 32.3 Å². The molecule has 0 aliphatic carbocycles. The highest BCUT2D eigenvalue weighted by atomic mass is 16.5. The Balaban J connectivity index is 1.76. The van der Waals surface area contributed by atoms with Gasteiger partial charge in [0.2, 0.25) is 0 Å². The van der Waals surface area contributed by atoms with Crippen molar-refractivity contribution >= 4 is 0 Å². The molecule has 1 heterocycles. The molecule has 0 bridgehead atoms. The first kappa shape index (κ1) is 14.4. The monoisotopic (exact) mass is 262 g/mol. The molecule has 19 heavy (non-hydrogen) atoms. The highest BCUT2D eigenvalue weighted by Crippen LogP contribution is 2.27. The Morgan fingerprint density at radius 2 is 2.00 bits per heavy atom. The van der Waals surface area contributed by atoms with Crippen LogP contribution >= 0.6 is 0 Å². The molecule has 0 saturated carbocycles. The molecule has 3 nitrogen and oxygen atoms in total. The van der Waals surface area contributed by atoms with Crippen LogP contribution in [0.3, 0.4) is 0 Å². The fraction of sp³-hybridized carbons (Fsp3) is 0.625. The number of hydrogen-bond acceptors (Lipinski definition) is 3. The number of hydrogen-bond donors (Lipinski definition) is 1. The second kappa shape index (κ2) is 6.40. The fourth-order valence-corrected chi connectivity index (χ4v) is 2.76. The van der Waals surface area contributed by atoms with Gasteiger partial charge in [-0.2, -0.15) is 0 Å². The number of nitrogens with one attached hydrogen (secondary N) is 1. The highest BCUT2D eigenvalue weighted by Gasteiger charge is 2.31. The predicted octanol–water partition coefficient (Wildman–Crippen LogP) is 2.66. The summed E-state index contributed by atoms with van der Waals surface area (Å²) in [5.41, 5.74) is 1.63. The molecule has 0 atom stereocenters. The predicted molar refractivity (Wildman–Crippen MR) is 79.6 cm³/mol. The molecule has 1 N–H and O–H groups in total. The van der Waals surface area contributed by atoms with Crippen molar-refractivity contribution in [3.05, 3.63) is 29.8 Å². The standard InChI is InChI=1S/C16H26N2O/c1-16(2)9-4-10-18(16)11-12-19-15-7-5-14(6-8-15)13-17-3/h5-8,17H,4,9-13H2,1-3H3. The van der Waals surface area contributed by atoms with Crippen LogP contribution in [-0.2, 0) is 6.54 Å². The Bertz CT molecular complexity index is 386. The van der Waals surface area contributed by atoms with Crippen molar-refractivity contribution in [3.63, 3.8) is 0 Å². The summed E-state index contributed by atoms with van der Waals surface area (Å²) in [4.78, 5) is 2.53. The Labute approximate surface area is 116 Å². The average molecular weight is 262 g/mol. The Kier molecular flexibility index (Phi) is 4.83. The van der Waals surface area contributed by atoms with Crippen molar-refractivity contribution in [3.8, 4) is 5.75 Å². The minimum Gasteiger partial charge on any atom is -0.492 e. The zero-order valence-corrected chi connectivity index (χ0v) is 12.4. The zero-order chi connectivity index (χ0) is 13.7. The van der Waals surface area contributed by atoms with Crippen molar-refractivity contribution in [1.82, 2.24) is 10.2 Å². The van der Waals surface area contributed by atoms with E-state index in [2.05, 4.69) is 48.3 Å². The Morgan fingerprint density at radius 1 is 1.26 bits per heavy atom. The molecular formula is C16H26N2O. The first-order valence-corrected chi connectivity index (χ1v) is 7.23.